The third-order valence-electron chi connectivity index (χ3n) is 4.85. The molecule has 0 saturated carbocycles. The lowest BCUT2D eigenvalue weighted by atomic mass is 10.1. The van der Waals surface area contributed by atoms with Crippen molar-refractivity contribution in [3.8, 4) is 11.5 Å². The molecule has 0 spiro atoms. The molecular formula is C20H23N3O2. The van der Waals surface area contributed by atoms with Gasteiger partial charge in [-0.2, -0.15) is 0 Å². The quantitative estimate of drug-likeness (QED) is 0.699. The predicted molar refractivity (Wildman–Crippen MR) is 102 cm³/mol. The number of pyridine rings is 1. The third kappa shape index (κ3) is 2.96. The van der Waals surface area contributed by atoms with Crippen LogP contribution in [0.15, 0.2) is 36.4 Å². The molecule has 5 heteroatoms. The van der Waals surface area contributed by atoms with Gasteiger partial charge in [0.15, 0.2) is 11.5 Å². The molecule has 4 rings (SSSR count). The Labute approximate surface area is 147 Å². The van der Waals surface area contributed by atoms with Gasteiger partial charge in [-0.1, -0.05) is 18.2 Å². The highest BCUT2D eigenvalue weighted by atomic mass is 16.5. The first-order chi connectivity index (χ1) is 12.3. The number of hydrogen-bond donors (Lipinski definition) is 2. The lowest BCUT2D eigenvalue weighted by molar-refractivity contribution is 0.248. The molecule has 0 radical (unpaired) electrons. The van der Waals surface area contributed by atoms with Gasteiger partial charge in [0, 0.05) is 36.3 Å². The van der Waals surface area contributed by atoms with Crippen molar-refractivity contribution in [3.63, 3.8) is 0 Å². The van der Waals surface area contributed by atoms with E-state index in [0.29, 0.717) is 12.5 Å². The van der Waals surface area contributed by atoms with Crippen LogP contribution in [0.4, 0.5) is 5.69 Å². The fourth-order valence-electron chi connectivity index (χ4n) is 3.51. The summed E-state index contributed by atoms with van der Waals surface area (Å²) in [5, 5.41) is 8.82. The van der Waals surface area contributed by atoms with E-state index in [1.54, 1.807) is 7.11 Å². The molecule has 0 amide bonds. The lowest BCUT2D eigenvalue weighted by Gasteiger charge is -2.16. The number of aromatic nitrogens is 1. The Morgan fingerprint density at radius 2 is 2.04 bits per heavy atom. The zero-order chi connectivity index (χ0) is 17.2. The summed E-state index contributed by atoms with van der Waals surface area (Å²) < 4.78 is 11.7. The zero-order valence-electron chi connectivity index (χ0n) is 14.6. The van der Waals surface area contributed by atoms with Crippen LogP contribution in [-0.4, -0.2) is 38.8 Å². The fourth-order valence-corrected chi connectivity index (χ4v) is 3.51. The Balaban J connectivity index is 1.80. The molecule has 1 atom stereocenters. The maximum absolute atomic E-state index is 6.08. The van der Waals surface area contributed by atoms with Crippen LogP contribution in [-0.2, 0) is 0 Å². The summed E-state index contributed by atoms with van der Waals surface area (Å²) in [5.41, 5.74) is 2.93. The number of hydrogen-bond acceptors (Lipinski definition) is 5. The monoisotopic (exact) mass is 337 g/mol. The van der Waals surface area contributed by atoms with Crippen molar-refractivity contribution in [2.45, 2.75) is 6.42 Å². The lowest BCUT2D eigenvalue weighted by Crippen LogP contribution is -2.15. The molecule has 1 aliphatic heterocycles. The minimum Gasteiger partial charge on any atom is -0.493 e. The second-order valence-corrected chi connectivity index (χ2v) is 6.44. The van der Waals surface area contributed by atoms with Crippen LogP contribution < -0.4 is 20.1 Å². The van der Waals surface area contributed by atoms with Crippen LogP contribution in [0, 0.1) is 5.92 Å². The fraction of sp³-hybridized carbons (Fsp3) is 0.350. The number of methoxy groups -OCH3 is 1. The highest BCUT2D eigenvalue weighted by molar-refractivity contribution is 6.08. The number of benzene rings is 2. The SMILES string of the molecule is CNc1c2ccccc2nc2cc(OCC3CCNC3)c(OC)cc12. The van der Waals surface area contributed by atoms with E-state index in [1.165, 1.54) is 0 Å². The Hall–Kier alpha value is -2.53. The van der Waals surface area contributed by atoms with Gasteiger partial charge < -0.3 is 20.1 Å². The number of fused-ring (bicyclic) bond motifs is 2. The van der Waals surface area contributed by atoms with Crippen molar-refractivity contribution < 1.29 is 9.47 Å². The minimum atomic E-state index is 0.554. The topological polar surface area (TPSA) is 55.4 Å². The van der Waals surface area contributed by atoms with E-state index in [0.717, 1.165) is 58.5 Å². The molecule has 3 aromatic rings. The average molecular weight is 337 g/mol. The highest BCUT2D eigenvalue weighted by Gasteiger charge is 2.18. The number of ether oxygens (including phenoxy) is 2. The summed E-state index contributed by atoms with van der Waals surface area (Å²) in [5.74, 6) is 2.05. The molecule has 2 heterocycles. The highest BCUT2D eigenvalue weighted by Crippen LogP contribution is 2.38. The van der Waals surface area contributed by atoms with Crippen molar-refractivity contribution in [1.82, 2.24) is 10.3 Å². The normalized spacial score (nSPS) is 17.1. The van der Waals surface area contributed by atoms with Crippen LogP contribution in [0.25, 0.3) is 21.8 Å². The zero-order valence-corrected chi connectivity index (χ0v) is 14.6. The van der Waals surface area contributed by atoms with Gasteiger partial charge in [0.2, 0.25) is 0 Å². The van der Waals surface area contributed by atoms with Crippen molar-refractivity contribution in [2.24, 2.45) is 5.92 Å². The first-order valence-corrected chi connectivity index (χ1v) is 8.72. The van der Waals surface area contributed by atoms with E-state index >= 15 is 0 Å². The number of nitrogens with one attached hydrogen (secondary N) is 2. The van der Waals surface area contributed by atoms with Crippen molar-refractivity contribution in [3.05, 3.63) is 36.4 Å². The summed E-state index contributed by atoms with van der Waals surface area (Å²) in [6.45, 7) is 2.78. The van der Waals surface area contributed by atoms with E-state index in [1.807, 2.05) is 37.4 Å². The van der Waals surface area contributed by atoms with Crippen LogP contribution in [0.3, 0.4) is 0 Å². The molecular weight excluding hydrogens is 314 g/mol. The summed E-state index contributed by atoms with van der Waals surface area (Å²) in [6, 6.07) is 12.2. The molecule has 1 aromatic heterocycles. The molecule has 130 valence electrons. The molecule has 1 unspecified atom stereocenters. The van der Waals surface area contributed by atoms with E-state index < -0.39 is 0 Å². The maximum atomic E-state index is 6.08. The summed E-state index contributed by atoms with van der Waals surface area (Å²) in [6.07, 6.45) is 1.16. The third-order valence-corrected chi connectivity index (χ3v) is 4.85. The van der Waals surface area contributed by atoms with Gasteiger partial charge in [-0.25, -0.2) is 4.98 Å². The molecule has 25 heavy (non-hydrogen) atoms. The van der Waals surface area contributed by atoms with E-state index in [9.17, 15) is 0 Å². The van der Waals surface area contributed by atoms with Gasteiger partial charge in [-0.3, -0.25) is 0 Å². The predicted octanol–water partition coefficient (Wildman–Crippen LogP) is 3.43. The summed E-state index contributed by atoms with van der Waals surface area (Å²) in [4.78, 5) is 4.81. The molecule has 0 aliphatic carbocycles. The van der Waals surface area contributed by atoms with E-state index in [4.69, 9.17) is 14.5 Å². The molecule has 0 bridgehead atoms. The molecule has 1 aliphatic rings. The average Bonchev–Trinajstić information content (AvgIpc) is 3.17. The number of nitrogens with zero attached hydrogens (tertiary/aromatic N) is 1. The van der Waals surface area contributed by atoms with E-state index in [-0.39, 0.29) is 0 Å². The van der Waals surface area contributed by atoms with Gasteiger partial charge >= 0.3 is 0 Å². The molecule has 2 N–H and O–H groups in total. The van der Waals surface area contributed by atoms with Gasteiger partial charge in [-0.15, -0.1) is 0 Å². The van der Waals surface area contributed by atoms with Gasteiger partial charge in [0.1, 0.15) is 0 Å². The minimum absolute atomic E-state index is 0.554. The molecule has 2 aromatic carbocycles. The molecule has 5 nitrogen and oxygen atoms in total. The van der Waals surface area contributed by atoms with Crippen molar-refractivity contribution in [2.75, 3.05) is 39.2 Å². The summed E-state index contributed by atoms with van der Waals surface area (Å²) in [7, 11) is 3.61. The van der Waals surface area contributed by atoms with Crippen LogP contribution in [0.5, 0.6) is 11.5 Å². The van der Waals surface area contributed by atoms with E-state index in [2.05, 4.69) is 16.7 Å². The molecule has 1 fully saturated rings. The maximum Gasteiger partial charge on any atom is 0.163 e. The van der Waals surface area contributed by atoms with Crippen molar-refractivity contribution in [1.29, 1.82) is 0 Å². The van der Waals surface area contributed by atoms with Gasteiger partial charge in [-0.05, 0) is 25.1 Å². The van der Waals surface area contributed by atoms with Crippen LogP contribution in [0.1, 0.15) is 6.42 Å². The van der Waals surface area contributed by atoms with Crippen molar-refractivity contribution >= 4 is 27.5 Å². The van der Waals surface area contributed by atoms with Gasteiger partial charge in [0.05, 0.1) is 30.4 Å². The first kappa shape index (κ1) is 16.0. The molecule has 1 saturated heterocycles. The number of para-hydroxylation sites is 1. The largest absolute Gasteiger partial charge is 0.493 e. The second-order valence-electron chi connectivity index (χ2n) is 6.44. The number of anilines is 1. The van der Waals surface area contributed by atoms with Crippen LogP contribution in [0.2, 0.25) is 0 Å². The standard InChI is InChI=1S/C20H23N3O2/c1-21-20-14-5-3-4-6-16(14)23-17-10-19(18(24-2)9-15(17)20)25-12-13-7-8-22-11-13/h3-6,9-10,13,22H,7-8,11-12H2,1-2H3,(H,21,23). The Kier molecular flexibility index (Phi) is 4.32. The second kappa shape index (κ2) is 6.76. The number of rotatable bonds is 5. The summed E-state index contributed by atoms with van der Waals surface area (Å²) >= 11 is 0. The first-order valence-electron chi connectivity index (χ1n) is 8.72. The van der Waals surface area contributed by atoms with Gasteiger partial charge in [0.25, 0.3) is 0 Å². The Morgan fingerprint density at radius 3 is 2.80 bits per heavy atom. The Bertz CT molecular complexity index is 904. The smallest absolute Gasteiger partial charge is 0.163 e. The Morgan fingerprint density at radius 1 is 1.16 bits per heavy atom. The van der Waals surface area contributed by atoms with Crippen LogP contribution >= 0.6 is 0 Å².